The number of esters is 1. The fourth-order valence-corrected chi connectivity index (χ4v) is 2.23. The molecule has 142 valence electrons. The van der Waals surface area contributed by atoms with Crippen molar-refractivity contribution in [3.63, 3.8) is 0 Å². The van der Waals surface area contributed by atoms with E-state index < -0.39 is 36.5 Å². The Balaban J connectivity index is 2.05. The number of carbonyl (C=O) groups excluding carboxylic acids is 3. The lowest BCUT2D eigenvalue weighted by atomic mass is 10.1. The Morgan fingerprint density at radius 1 is 0.926 bits per heavy atom. The number of carbonyl (C=O) groups is 3. The second-order valence-electron chi connectivity index (χ2n) is 5.61. The van der Waals surface area contributed by atoms with Gasteiger partial charge in [0.1, 0.15) is 6.04 Å². The van der Waals surface area contributed by atoms with Crippen LogP contribution in [-0.2, 0) is 20.7 Å². The predicted molar refractivity (Wildman–Crippen MR) is 89.9 cm³/mol. The van der Waals surface area contributed by atoms with Crippen LogP contribution in [0.4, 0.5) is 13.2 Å². The number of amides is 1. The Morgan fingerprint density at radius 3 is 2.04 bits per heavy atom. The van der Waals surface area contributed by atoms with Crippen molar-refractivity contribution < 1.29 is 32.3 Å². The lowest BCUT2D eigenvalue weighted by Gasteiger charge is -2.18. The minimum atomic E-state index is -5.14. The standard InChI is InChI=1S/C19H16F3NO4/c20-19(21,22)18(26)23-15(11-13-7-3-1-4-8-13)17(25)27-12-16(24)14-9-5-2-6-10-14/h1-10,15H,11-12H2,(H,23,26). The monoisotopic (exact) mass is 379 g/mol. The van der Waals surface area contributed by atoms with Gasteiger partial charge in [-0.1, -0.05) is 60.7 Å². The van der Waals surface area contributed by atoms with Gasteiger partial charge in [0.15, 0.2) is 12.4 Å². The molecule has 0 aliphatic rings. The molecular formula is C19H16F3NO4. The highest BCUT2D eigenvalue weighted by Crippen LogP contribution is 2.15. The Hall–Kier alpha value is -3.16. The van der Waals surface area contributed by atoms with Gasteiger partial charge in [-0.25, -0.2) is 4.79 Å². The van der Waals surface area contributed by atoms with Gasteiger partial charge in [0, 0.05) is 12.0 Å². The molecule has 0 spiro atoms. The zero-order chi connectivity index (χ0) is 19.9. The molecule has 8 heteroatoms. The molecule has 0 aliphatic carbocycles. The van der Waals surface area contributed by atoms with Crippen molar-refractivity contribution in [1.29, 1.82) is 0 Å². The molecule has 2 aromatic rings. The van der Waals surface area contributed by atoms with Crippen molar-refractivity contribution in [2.75, 3.05) is 6.61 Å². The average molecular weight is 379 g/mol. The summed E-state index contributed by atoms with van der Waals surface area (Å²) in [6.07, 6.45) is -5.35. The van der Waals surface area contributed by atoms with Crippen LogP contribution < -0.4 is 5.32 Å². The molecule has 2 aromatic carbocycles. The summed E-state index contributed by atoms with van der Waals surface area (Å²) in [4.78, 5) is 35.4. The molecule has 5 nitrogen and oxygen atoms in total. The van der Waals surface area contributed by atoms with Crippen LogP contribution in [0.15, 0.2) is 60.7 Å². The number of nitrogens with one attached hydrogen (secondary N) is 1. The van der Waals surface area contributed by atoms with Crippen LogP contribution in [0.25, 0.3) is 0 Å². The number of alkyl halides is 3. The third kappa shape index (κ3) is 6.25. The van der Waals surface area contributed by atoms with Crippen molar-refractivity contribution in [3.05, 3.63) is 71.8 Å². The topological polar surface area (TPSA) is 72.5 Å². The molecule has 0 radical (unpaired) electrons. The van der Waals surface area contributed by atoms with E-state index in [4.69, 9.17) is 4.74 Å². The third-order valence-electron chi connectivity index (χ3n) is 3.57. The first-order chi connectivity index (χ1) is 12.8. The second-order valence-corrected chi connectivity index (χ2v) is 5.61. The summed E-state index contributed by atoms with van der Waals surface area (Å²) < 4.78 is 42.4. The quantitative estimate of drug-likeness (QED) is 0.593. The van der Waals surface area contributed by atoms with Crippen molar-refractivity contribution in [3.8, 4) is 0 Å². The zero-order valence-electron chi connectivity index (χ0n) is 14.0. The van der Waals surface area contributed by atoms with Crippen LogP contribution in [-0.4, -0.2) is 36.5 Å². The number of rotatable bonds is 7. The maximum Gasteiger partial charge on any atom is 0.471 e. The number of hydrogen-bond acceptors (Lipinski definition) is 4. The first-order valence-electron chi connectivity index (χ1n) is 7.94. The summed E-state index contributed by atoms with van der Waals surface area (Å²) in [5.41, 5.74) is 0.820. The molecule has 0 fully saturated rings. The molecule has 1 atom stereocenters. The van der Waals surface area contributed by atoms with Crippen LogP contribution in [0.1, 0.15) is 15.9 Å². The van der Waals surface area contributed by atoms with Gasteiger partial charge < -0.3 is 10.1 Å². The molecular weight excluding hydrogens is 363 g/mol. The minimum Gasteiger partial charge on any atom is -0.456 e. The van der Waals surface area contributed by atoms with Crippen LogP contribution in [0.2, 0.25) is 0 Å². The lowest BCUT2D eigenvalue weighted by Crippen LogP contribution is -2.48. The normalized spacial score (nSPS) is 12.1. The Kier molecular flexibility index (Phi) is 6.70. The summed E-state index contributed by atoms with van der Waals surface area (Å²) in [5.74, 6) is -3.89. The van der Waals surface area contributed by atoms with Gasteiger partial charge in [-0.2, -0.15) is 13.2 Å². The second kappa shape index (κ2) is 8.98. The molecule has 0 aliphatic heterocycles. The smallest absolute Gasteiger partial charge is 0.456 e. The third-order valence-corrected chi connectivity index (χ3v) is 3.57. The van der Waals surface area contributed by atoms with E-state index in [2.05, 4.69) is 0 Å². The van der Waals surface area contributed by atoms with E-state index in [0.717, 1.165) is 0 Å². The van der Waals surface area contributed by atoms with E-state index in [-0.39, 0.29) is 6.42 Å². The highest BCUT2D eigenvalue weighted by atomic mass is 19.4. The molecule has 2 rings (SSSR count). The lowest BCUT2D eigenvalue weighted by molar-refractivity contribution is -0.175. The molecule has 0 saturated carbocycles. The van der Waals surface area contributed by atoms with E-state index in [0.29, 0.717) is 11.1 Å². The van der Waals surface area contributed by atoms with Gasteiger partial charge in [0.05, 0.1) is 0 Å². The van der Waals surface area contributed by atoms with Crippen LogP contribution in [0, 0.1) is 0 Å². The van der Waals surface area contributed by atoms with Gasteiger partial charge in [0.25, 0.3) is 0 Å². The minimum absolute atomic E-state index is 0.207. The van der Waals surface area contributed by atoms with Crippen molar-refractivity contribution in [2.24, 2.45) is 0 Å². The molecule has 1 amide bonds. The number of halogens is 3. The number of hydrogen-bond donors (Lipinski definition) is 1. The van der Waals surface area contributed by atoms with Crippen molar-refractivity contribution in [2.45, 2.75) is 18.6 Å². The fourth-order valence-electron chi connectivity index (χ4n) is 2.23. The maximum absolute atomic E-state index is 12.5. The molecule has 0 bridgehead atoms. The fraction of sp³-hybridized carbons (Fsp3) is 0.211. The van der Waals surface area contributed by atoms with Crippen LogP contribution >= 0.6 is 0 Å². The number of ketones is 1. The molecule has 1 N–H and O–H groups in total. The SMILES string of the molecule is O=C(COC(=O)C(Cc1ccccc1)NC(=O)C(F)(F)F)c1ccccc1. The average Bonchev–Trinajstić information content (AvgIpc) is 2.66. The van der Waals surface area contributed by atoms with E-state index in [1.54, 1.807) is 53.8 Å². The van der Waals surface area contributed by atoms with Crippen molar-refractivity contribution in [1.82, 2.24) is 5.32 Å². The van der Waals surface area contributed by atoms with Gasteiger partial charge in [-0.15, -0.1) is 0 Å². The summed E-state index contributed by atoms with van der Waals surface area (Å²) in [5, 5.41) is 1.62. The summed E-state index contributed by atoms with van der Waals surface area (Å²) >= 11 is 0. The first-order valence-corrected chi connectivity index (χ1v) is 7.94. The van der Waals surface area contributed by atoms with Gasteiger partial charge in [-0.05, 0) is 5.56 Å². The van der Waals surface area contributed by atoms with E-state index >= 15 is 0 Å². The van der Waals surface area contributed by atoms with Gasteiger partial charge in [0.2, 0.25) is 0 Å². The first kappa shape index (κ1) is 20.2. The Bertz CT molecular complexity index is 792. The van der Waals surface area contributed by atoms with Gasteiger partial charge in [-0.3, -0.25) is 9.59 Å². The summed E-state index contributed by atoms with van der Waals surface area (Å²) in [7, 11) is 0. The molecule has 1 unspecified atom stereocenters. The van der Waals surface area contributed by atoms with E-state index in [1.165, 1.54) is 12.1 Å². The number of benzene rings is 2. The van der Waals surface area contributed by atoms with Gasteiger partial charge >= 0.3 is 18.1 Å². The van der Waals surface area contributed by atoms with Crippen LogP contribution in [0.5, 0.6) is 0 Å². The van der Waals surface area contributed by atoms with Crippen LogP contribution in [0.3, 0.4) is 0 Å². The Morgan fingerprint density at radius 2 is 1.48 bits per heavy atom. The summed E-state index contributed by atoms with van der Waals surface area (Å²) in [6.45, 7) is -0.643. The molecule has 0 aromatic heterocycles. The highest BCUT2D eigenvalue weighted by molar-refractivity contribution is 5.98. The largest absolute Gasteiger partial charge is 0.471 e. The number of ether oxygens (including phenoxy) is 1. The highest BCUT2D eigenvalue weighted by Gasteiger charge is 2.41. The molecule has 27 heavy (non-hydrogen) atoms. The Labute approximate surface area is 153 Å². The zero-order valence-corrected chi connectivity index (χ0v) is 14.0. The summed E-state index contributed by atoms with van der Waals surface area (Å²) in [6, 6.07) is 14.6. The molecule has 0 saturated heterocycles. The predicted octanol–water partition coefficient (Wildman–Crippen LogP) is 2.70. The maximum atomic E-state index is 12.5. The van der Waals surface area contributed by atoms with Crippen molar-refractivity contribution >= 4 is 17.7 Å². The van der Waals surface area contributed by atoms with E-state index in [9.17, 15) is 27.6 Å². The van der Waals surface area contributed by atoms with E-state index in [1.807, 2.05) is 0 Å². The molecule has 0 heterocycles. The number of Topliss-reactive ketones (excluding diaryl/α,β-unsaturated/α-hetero) is 1.